The standard InChI is InChI=1S/C19H24N2O4/c22-17(15-4-2-1-3-5-15)21-12-16(25-19(13-21)8-9-19)14-6-10-20(11-7-14)18(23)24/h1-5,14,16H,6-13H2,(H,23,24). The van der Waals surface area contributed by atoms with Crippen LogP contribution in [0.3, 0.4) is 0 Å². The van der Waals surface area contributed by atoms with Crippen molar-refractivity contribution in [1.82, 2.24) is 9.80 Å². The molecule has 2 amide bonds. The van der Waals surface area contributed by atoms with Crippen molar-refractivity contribution in [1.29, 1.82) is 0 Å². The van der Waals surface area contributed by atoms with Crippen LogP contribution in [0.25, 0.3) is 0 Å². The molecular formula is C19H24N2O4. The van der Waals surface area contributed by atoms with Gasteiger partial charge in [0.1, 0.15) is 0 Å². The Morgan fingerprint density at radius 3 is 2.36 bits per heavy atom. The summed E-state index contributed by atoms with van der Waals surface area (Å²) in [5, 5.41) is 9.11. The Morgan fingerprint density at radius 1 is 1.08 bits per heavy atom. The first kappa shape index (κ1) is 16.4. The zero-order valence-corrected chi connectivity index (χ0v) is 14.3. The number of ether oxygens (including phenoxy) is 1. The molecule has 1 aliphatic carbocycles. The number of nitrogens with zero attached hydrogens (tertiary/aromatic N) is 2. The smallest absolute Gasteiger partial charge is 0.407 e. The zero-order valence-electron chi connectivity index (χ0n) is 14.3. The number of carboxylic acid groups (broad SMARTS) is 1. The lowest BCUT2D eigenvalue weighted by Crippen LogP contribution is -2.55. The molecule has 3 fully saturated rings. The van der Waals surface area contributed by atoms with Gasteiger partial charge in [-0.25, -0.2) is 4.79 Å². The second-order valence-corrected chi connectivity index (χ2v) is 7.50. The number of hydrogen-bond donors (Lipinski definition) is 1. The van der Waals surface area contributed by atoms with Crippen LogP contribution in [0.15, 0.2) is 30.3 Å². The maximum Gasteiger partial charge on any atom is 0.407 e. The largest absolute Gasteiger partial charge is 0.465 e. The van der Waals surface area contributed by atoms with Gasteiger partial charge in [-0.2, -0.15) is 0 Å². The molecule has 1 aromatic rings. The van der Waals surface area contributed by atoms with Gasteiger partial charge in [-0.15, -0.1) is 0 Å². The molecule has 2 aliphatic heterocycles. The Bertz CT molecular complexity index is 651. The number of carbonyl (C=O) groups excluding carboxylic acids is 1. The van der Waals surface area contributed by atoms with E-state index in [2.05, 4.69) is 0 Å². The van der Waals surface area contributed by atoms with Gasteiger partial charge in [0.05, 0.1) is 18.2 Å². The van der Waals surface area contributed by atoms with Gasteiger partial charge in [0, 0.05) is 25.2 Å². The van der Waals surface area contributed by atoms with Crippen molar-refractivity contribution in [3.8, 4) is 0 Å². The molecule has 1 spiro atoms. The van der Waals surface area contributed by atoms with Crippen LogP contribution >= 0.6 is 0 Å². The van der Waals surface area contributed by atoms with Gasteiger partial charge >= 0.3 is 6.09 Å². The van der Waals surface area contributed by atoms with Gasteiger partial charge in [-0.1, -0.05) is 18.2 Å². The molecule has 2 heterocycles. The van der Waals surface area contributed by atoms with Crippen molar-refractivity contribution in [2.45, 2.75) is 37.4 Å². The molecule has 1 atom stereocenters. The summed E-state index contributed by atoms with van der Waals surface area (Å²) < 4.78 is 6.38. The Balaban J connectivity index is 1.45. The third-order valence-electron chi connectivity index (χ3n) is 5.73. The molecule has 3 aliphatic rings. The van der Waals surface area contributed by atoms with E-state index in [0.29, 0.717) is 32.1 Å². The Kier molecular flexibility index (Phi) is 4.15. The van der Waals surface area contributed by atoms with Crippen molar-refractivity contribution >= 4 is 12.0 Å². The number of piperidine rings is 1. The van der Waals surface area contributed by atoms with E-state index in [1.165, 1.54) is 4.90 Å². The van der Waals surface area contributed by atoms with Crippen molar-refractivity contribution in [2.24, 2.45) is 5.92 Å². The summed E-state index contributed by atoms with van der Waals surface area (Å²) in [7, 11) is 0. The van der Waals surface area contributed by atoms with Crippen LogP contribution in [0, 0.1) is 5.92 Å². The molecule has 4 rings (SSSR count). The lowest BCUT2D eigenvalue weighted by atomic mass is 9.89. The fourth-order valence-electron chi connectivity index (χ4n) is 4.07. The number of rotatable bonds is 2. The first-order chi connectivity index (χ1) is 12.1. The first-order valence-corrected chi connectivity index (χ1v) is 9.06. The van der Waals surface area contributed by atoms with Gasteiger partial charge < -0.3 is 19.6 Å². The summed E-state index contributed by atoms with van der Waals surface area (Å²) in [6.45, 7) is 2.39. The summed E-state index contributed by atoms with van der Waals surface area (Å²) in [5.74, 6) is 0.391. The van der Waals surface area contributed by atoms with Gasteiger partial charge in [-0.3, -0.25) is 4.79 Å². The van der Waals surface area contributed by atoms with E-state index >= 15 is 0 Å². The van der Waals surface area contributed by atoms with E-state index in [1.54, 1.807) is 0 Å². The van der Waals surface area contributed by atoms with Crippen molar-refractivity contribution < 1.29 is 19.4 Å². The number of likely N-dealkylation sites (tertiary alicyclic amines) is 1. The molecule has 134 valence electrons. The SMILES string of the molecule is O=C(O)N1CCC(C2CN(C(=O)c3ccccc3)CC3(CC3)O2)CC1. The van der Waals surface area contributed by atoms with Gasteiger partial charge in [0.25, 0.3) is 5.91 Å². The maximum absolute atomic E-state index is 12.9. The number of amides is 2. The van der Waals surface area contributed by atoms with Crippen LogP contribution in [0.5, 0.6) is 0 Å². The highest BCUT2D eigenvalue weighted by molar-refractivity contribution is 5.94. The predicted octanol–water partition coefficient (Wildman–Crippen LogP) is 2.45. The van der Waals surface area contributed by atoms with Crippen LogP contribution in [0.1, 0.15) is 36.0 Å². The van der Waals surface area contributed by atoms with Gasteiger partial charge in [0.2, 0.25) is 0 Å². The molecule has 1 saturated carbocycles. The Labute approximate surface area is 147 Å². The van der Waals surface area contributed by atoms with Crippen LogP contribution in [0.2, 0.25) is 0 Å². The average Bonchev–Trinajstić information content (AvgIpc) is 3.39. The summed E-state index contributed by atoms with van der Waals surface area (Å²) in [5.41, 5.74) is 0.566. The second-order valence-electron chi connectivity index (χ2n) is 7.50. The molecule has 2 saturated heterocycles. The van der Waals surface area contributed by atoms with Crippen LogP contribution in [-0.2, 0) is 4.74 Å². The molecule has 1 N–H and O–H groups in total. The third kappa shape index (κ3) is 3.35. The van der Waals surface area contributed by atoms with E-state index in [9.17, 15) is 9.59 Å². The first-order valence-electron chi connectivity index (χ1n) is 9.06. The van der Waals surface area contributed by atoms with Gasteiger partial charge in [0.15, 0.2) is 0 Å². The van der Waals surface area contributed by atoms with Crippen molar-refractivity contribution in [2.75, 3.05) is 26.2 Å². The number of hydrogen-bond acceptors (Lipinski definition) is 3. The second kappa shape index (κ2) is 6.33. The minimum Gasteiger partial charge on any atom is -0.465 e. The summed E-state index contributed by atoms with van der Waals surface area (Å²) >= 11 is 0. The summed E-state index contributed by atoms with van der Waals surface area (Å²) in [4.78, 5) is 27.4. The zero-order chi connectivity index (χ0) is 17.4. The molecule has 1 unspecified atom stereocenters. The van der Waals surface area contributed by atoms with Crippen LogP contribution in [0.4, 0.5) is 4.79 Å². The highest BCUT2D eigenvalue weighted by atomic mass is 16.5. The molecule has 0 bridgehead atoms. The highest BCUT2D eigenvalue weighted by Gasteiger charge is 2.52. The topological polar surface area (TPSA) is 70.1 Å². The Morgan fingerprint density at radius 2 is 1.76 bits per heavy atom. The Hall–Kier alpha value is -2.08. The summed E-state index contributed by atoms with van der Waals surface area (Å²) in [6, 6.07) is 9.41. The van der Waals surface area contributed by atoms with E-state index in [1.807, 2.05) is 35.2 Å². The fourth-order valence-corrected chi connectivity index (χ4v) is 4.07. The molecule has 1 aromatic carbocycles. The normalized spacial score (nSPS) is 25.8. The molecule has 0 aromatic heterocycles. The van der Waals surface area contributed by atoms with E-state index in [-0.39, 0.29) is 17.6 Å². The van der Waals surface area contributed by atoms with Crippen molar-refractivity contribution in [3.05, 3.63) is 35.9 Å². The quantitative estimate of drug-likeness (QED) is 0.895. The van der Waals surface area contributed by atoms with E-state index in [0.717, 1.165) is 31.2 Å². The molecule has 6 nitrogen and oxygen atoms in total. The molecule has 25 heavy (non-hydrogen) atoms. The highest BCUT2D eigenvalue weighted by Crippen LogP contribution is 2.45. The number of carbonyl (C=O) groups is 2. The minimum atomic E-state index is -0.845. The lowest BCUT2D eigenvalue weighted by Gasteiger charge is -2.43. The lowest BCUT2D eigenvalue weighted by molar-refractivity contribution is -0.120. The van der Waals surface area contributed by atoms with E-state index < -0.39 is 6.09 Å². The van der Waals surface area contributed by atoms with Crippen molar-refractivity contribution in [3.63, 3.8) is 0 Å². The van der Waals surface area contributed by atoms with E-state index in [4.69, 9.17) is 9.84 Å². The van der Waals surface area contributed by atoms with Gasteiger partial charge in [-0.05, 0) is 43.7 Å². The monoisotopic (exact) mass is 344 g/mol. The molecular weight excluding hydrogens is 320 g/mol. The number of benzene rings is 1. The summed E-state index contributed by atoms with van der Waals surface area (Å²) in [6.07, 6.45) is 2.80. The number of morpholine rings is 1. The fraction of sp³-hybridized carbons (Fsp3) is 0.579. The molecule has 6 heteroatoms. The average molecular weight is 344 g/mol. The maximum atomic E-state index is 12.9. The minimum absolute atomic E-state index is 0.0138. The molecule has 0 radical (unpaired) electrons. The van der Waals surface area contributed by atoms with Crippen LogP contribution in [-0.4, -0.2) is 64.8 Å². The van der Waals surface area contributed by atoms with Crippen LogP contribution < -0.4 is 0 Å². The third-order valence-corrected chi connectivity index (χ3v) is 5.73. The predicted molar refractivity (Wildman–Crippen MR) is 91.5 cm³/mol.